The number of fused-ring (bicyclic) bond motifs is 1. The lowest BCUT2D eigenvalue weighted by molar-refractivity contribution is -0.124. The molecule has 7 amide bonds. The molecular formula is C28H27N7O6. The number of pyridine rings is 1. The zero-order valence-corrected chi connectivity index (χ0v) is 22.2. The number of hydrogen-bond donors (Lipinski definition) is 4. The number of urea groups is 2. The van der Waals surface area contributed by atoms with E-state index in [0.717, 1.165) is 5.56 Å². The number of amides is 7. The van der Waals surface area contributed by atoms with Gasteiger partial charge in [-0.2, -0.15) is 0 Å². The van der Waals surface area contributed by atoms with E-state index in [0.29, 0.717) is 55.2 Å². The molecule has 4 aliphatic rings. The average molecular weight is 558 g/mol. The molecule has 1 spiro atoms. The fourth-order valence-corrected chi connectivity index (χ4v) is 5.59. The summed E-state index contributed by atoms with van der Waals surface area (Å²) in [5, 5.41) is 9.93. The van der Waals surface area contributed by atoms with Crippen LogP contribution in [-0.4, -0.2) is 77.5 Å². The minimum atomic E-state index is -1.50. The lowest BCUT2D eigenvalue weighted by Gasteiger charge is -2.37. The zero-order chi connectivity index (χ0) is 28.8. The fourth-order valence-electron chi connectivity index (χ4n) is 5.59. The van der Waals surface area contributed by atoms with E-state index in [-0.39, 0.29) is 24.8 Å². The number of carbonyl (C=O) groups excluding carboxylic acids is 5. The molecule has 4 N–H and O–H groups in total. The Kier molecular flexibility index (Phi) is 6.25. The highest BCUT2D eigenvalue weighted by Gasteiger charge is 2.48. The number of ether oxygens (including phenoxy) is 1. The summed E-state index contributed by atoms with van der Waals surface area (Å²) in [7, 11) is 1.54. The van der Waals surface area contributed by atoms with Crippen LogP contribution in [0.4, 0.5) is 15.4 Å². The van der Waals surface area contributed by atoms with Gasteiger partial charge in [0.05, 0.1) is 7.11 Å². The van der Waals surface area contributed by atoms with Crippen molar-refractivity contribution in [1.29, 1.82) is 0 Å². The standard InChI is InChI=1S/C28H27N7O6/c1-41-19-4-3-18-16-35(22(36)20(18)14-19)13-10-27(23(37)30-25(39)32-27)7-6-17-2-5-21(29-15-17)34-11-8-28(9-12-34)24(38)31-26(40)33-28/h2-5,14-15H,8-13,16H2,1H3,(H2,30,32,37,39)(H2,31,33,38,40). The topological polar surface area (TPSA) is 162 Å². The molecule has 4 aliphatic heterocycles. The molecule has 1 aromatic heterocycles. The number of aromatic nitrogens is 1. The zero-order valence-electron chi connectivity index (χ0n) is 22.2. The number of hydrogen-bond acceptors (Lipinski definition) is 8. The van der Waals surface area contributed by atoms with Crippen molar-refractivity contribution in [2.24, 2.45) is 0 Å². The molecule has 13 nitrogen and oxygen atoms in total. The maximum atomic E-state index is 13.0. The fraction of sp³-hybridized carbons (Fsp3) is 0.357. The molecule has 1 unspecified atom stereocenters. The monoisotopic (exact) mass is 557 g/mol. The van der Waals surface area contributed by atoms with Crippen molar-refractivity contribution in [1.82, 2.24) is 31.2 Å². The highest BCUT2D eigenvalue weighted by molar-refractivity contribution is 6.09. The van der Waals surface area contributed by atoms with E-state index in [1.165, 1.54) is 7.11 Å². The summed E-state index contributed by atoms with van der Waals surface area (Å²) in [6, 6.07) is 7.78. The molecule has 1 aromatic carbocycles. The van der Waals surface area contributed by atoms with Crippen molar-refractivity contribution in [3.63, 3.8) is 0 Å². The quantitative estimate of drug-likeness (QED) is 0.300. The van der Waals surface area contributed by atoms with E-state index in [4.69, 9.17) is 4.74 Å². The number of benzene rings is 1. The van der Waals surface area contributed by atoms with E-state index >= 15 is 0 Å². The van der Waals surface area contributed by atoms with Crippen molar-refractivity contribution in [2.75, 3.05) is 31.6 Å². The van der Waals surface area contributed by atoms with Gasteiger partial charge in [0.25, 0.3) is 17.7 Å². The number of piperidine rings is 1. The number of anilines is 1. The number of nitrogens with zero attached hydrogens (tertiary/aromatic N) is 3. The summed E-state index contributed by atoms with van der Waals surface area (Å²) >= 11 is 0. The number of carbonyl (C=O) groups is 5. The molecule has 0 saturated carbocycles. The second kappa shape index (κ2) is 9.81. The number of rotatable bonds is 5. The molecule has 6 rings (SSSR count). The first-order valence-electron chi connectivity index (χ1n) is 13.2. The van der Waals surface area contributed by atoms with Gasteiger partial charge in [-0.15, -0.1) is 0 Å². The van der Waals surface area contributed by atoms with Gasteiger partial charge >= 0.3 is 12.1 Å². The minimum Gasteiger partial charge on any atom is -0.497 e. The van der Waals surface area contributed by atoms with Crippen LogP contribution in [0.25, 0.3) is 0 Å². The van der Waals surface area contributed by atoms with Gasteiger partial charge in [0.15, 0.2) is 5.54 Å². The highest BCUT2D eigenvalue weighted by atomic mass is 16.5. The van der Waals surface area contributed by atoms with Crippen molar-refractivity contribution >= 4 is 35.6 Å². The smallest absolute Gasteiger partial charge is 0.323 e. The van der Waals surface area contributed by atoms with Crippen molar-refractivity contribution in [3.05, 3.63) is 53.2 Å². The largest absolute Gasteiger partial charge is 0.497 e. The maximum absolute atomic E-state index is 13.0. The van der Waals surface area contributed by atoms with Gasteiger partial charge in [-0.3, -0.25) is 25.0 Å². The molecule has 0 radical (unpaired) electrons. The minimum absolute atomic E-state index is 0.0968. The first kappa shape index (κ1) is 26.1. The first-order chi connectivity index (χ1) is 19.7. The number of imide groups is 2. The summed E-state index contributed by atoms with van der Waals surface area (Å²) < 4.78 is 5.22. The molecule has 1 atom stereocenters. The molecule has 3 fully saturated rings. The Hall–Kier alpha value is -5.12. The summed E-state index contributed by atoms with van der Waals surface area (Å²) in [5.41, 5.74) is -0.419. The lowest BCUT2D eigenvalue weighted by Crippen LogP contribution is -2.55. The van der Waals surface area contributed by atoms with Crippen LogP contribution < -0.4 is 30.9 Å². The Labute approximate surface area is 235 Å². The highest BCUT2D eigenvalue weighted by Crippen LogP contribution is 2.29. The molecular weight excluding hydrogens is 530 g/mol. The predicted octanol–water partition coefficient (Wildman–Crippen LogP) is 0.244. The first-order valence-corrected chi connectivity index (χ1v) is 13.2. The van der Waals surface area contributed by atoms with Gasteiger partial charge in [-0.25, -0.2) is 14.6 Å². The van der Waals surface area contributed by atoms with Crippen LogP contribution in [0.3, 0.4) is 0 Å². The van der Waals surface area contributed by atoms with Crippen LogP contribution in [0.2, 0.25) is 0 Å². The second-order valence-corrected chi connectivity index (χ2v) is 10.4. The number of methoxy groups -OCH3 is 1. The van der Waals surface area contributed by atoms with Crippen molar-refractivity contribution in [2.45, 2.75) is 36.9 Å². The van der Waals surface area contributed by atoms with Crippen molar-refractivity contribution < 1.29 is 28.7 Å². The van der Waals surface area contributed by atoms with Crippen LogP contribution in [-0.2, 0) is 16.1 Å². The number of nitrogens with one attached hydrogen (secondary N) is 4. The molecule has 0 bridgehead atoms. The summed E-state index contributed by atoms with van der Waals surface area (Å²) in [5.74, 6) is 6.11. The third-order valence-electron chi connectivity index (χ3n) is 8.02. The summed E-state index contributed by atoms with van der Waals surface area (Å²) in [6.45, 7) is 1.65. The molecule has 13 heteroatoms. The average Bonchev–Trinajstić information content (AvgIpc) is 3.55. The summed E-state index contributed by atoms with van der Waals surface area (Å²) in [4.78, 5) is 69.8. The molecule has 0 aliphatic carbocycles. The van der Waals surface area contributed by atoms with Gasteiger partial charge in [0.2, 0.25) is 0 Å². The van der Waals surface area contributed by atoms with Crippen LogP contribution in [0.15, 0.2) is 36.5 Å². The van der Waals surface area contributed by atoms with Gasteiger partial charge in [-0.1, -0.05) is 17.9 Å². The van der Waals surface area contributed by atoms with E-state index in [2.05, 4.69) is 38.1 Å². The second-order valence-electron chi connectivity index (χ2n) is 10.4. The van der Waals surface area contributed by atoms with Crippen LogP contribution in [0.5, 0.6) is 5.75 Å². The van der Waals surface area contributed by atoms with Gasteiger partial charge in [-0.05, 0) is 42.7 Å². The molecule has 3 saturated heterocycles. The van der Waals surface area contributed by atoms with Gasteiger partial charge in [0, 0.05) is 49.9 Å². The molecule has 210 valence electrons. The Bertz CT molecular complexity index is 1540. The molecule has 41 heavy (non-hydrogen) atoms. The van der Waals surface area contributed by atoms with Crippen LogP contribution in [0.1, 0.15) is 40.7 Å². The van der Waals surface area contributed by atoms with Gasteiger partial charge in [0.1, 0.15) is 17.1 Å². The normalized spacial score (nSPS) is 22.5. The summed E-state index contributed by atoms with van der Waals surface area (Å²) in [6.07, 6.45) is 2.60. The van der Waals surface area contributed by atoms with E-state index in [1.807, 2.05) is 11.0 Å². The van der Waals surface area contributed by atoms with Crippen LogP contribution >= 0.6 is 0 Å². The van der Waals surface area contributed by atoms with Crippen molar-refractivity contribution in [3.8, 4) is 17.6 Å². The lowest BCUT2D eigenvalue weighted by atomic mass is 9.88. The van der Waals surface area contributed by atoms with Gasteiger partial charge < -0.3 is 25.2 Å². The Morgan fingerprint density at radius 2 is 1.73 bits per heavy atom. The van der Waals surface area contributed by atoms with E-state index in [1.54, 1.807) is 35.4 Å². The molecule has 2 aromatic rings. The Morgan fingerprint density at radius 1 is 0.976 bits per heavy atom. The predicted molar refractivity (Wildman–Crippen MR) is 144 cm³/mol. The third-order valence-corrected chi connectivity index (χ3v) is 8.02. The maximum Gasteiger partial charge on any atom is 0.323 e. The van der Waals surface area contributed by atoms with Crippen LogP contribution in [0, 0.1) is 11.8 Å². The third kappa shape index (κ3) is 4.67. The SMILES string of the molecule is COc1ccc2c(c1)C(=O)N(CCC1(C#Cc3ccc(N4CCC5(CC4)NC(=O)NC5=O)nc3)NC(=O)NC1=O)C2. The molecule has 5 heterocycles. The van der Waals surface area contributed by atoms with E-state index < -0.39 is 29.0 Å². The Balaban J connectivity index is 1.13. The Morgan fingerprint density at radius 3 is 2.37 bits per heavy atom. The van der Waals surface area contributed by atoms with E-state index in [9.17, 15) is 24.0 Å².